The van der Waals surface area contributed by atoms with E-state index in [9.17, 15) is 9.59 Å². The first kappa shape index (κ1) is 12.8. The van der Waals surface area contributed by atoms with Crippen LogP contribution in [0.4, 0.5) is 4.79 Å². The molecule has 1 atom stereocenters. The first-order chi connectivity index (χ1) is 7.59. The molecule has 3 N–H and O–H groups in total. The number of carboxylic acid groups (broad SMARTS) is 1. The summed E-state index contributed by atoms with van der Waals surface area (Å²) >= 11 is 0. The van der Waals surface area contributed by atoms with Crippen LogP contribution in [0.2, 0.25) is 0 Å². The number of carboxylic acids is 1. The highest BCUT2D eigenvalue weighted by Gasteiger charge is 2.17. The van der Waals surface area contributed by atoms with Crippen LogP contribution in [-0.2, 0) is 4.79 Å². The minimum atomic E-state index is -0.894. The van der Waals surface area contributed by atoms with Crippen molar-refractivity contribution in [3.05, 3.63) is 0 Å². The summed E-state index contributed by atoms with van der Waals surface area (Å²) in [7, 11) is 0. The van der Waals surface area contributed by atoms with E-state index in [0.29, 0.717) is 6.54 Å². The Balaban J connectivity index is 1.99. The second-order valence-corrected chi connectivity index (χ2v) is 4.46. The van der Waals surface area contributed by atoms with Crippen LogP contribution in [-0.4, -0.2) is 30.2 Å². The van der Waals surface area contributed by atoms with Gasteiger partial charge in [-0.05, 0) is 12.3 Å². The number of nitrogens with one attached hydrogen (secondary N) is 2. The molecule has 0 radical (unpaired) electrons. The normalized spacial score (nSPS) is 17.3. The second-order valence-electron chi connectivity index (χ2n) is 4.46. The van der Waals surface area contributed by atoms with E-state index in [1.54, 1.807) is 6.92 Å². The fourth-order valence-electron chi connectivity index (χ4n) is 1.57. The van der Waals surface area contributed by atoms with E-state index in [2.05, 4.69) is 10.6 Å². The van der Waals surface area contributed by atoms with Gasteiger partial charge in [-0.15, -0.1) is 0 Å². The molecular weight excluding hydrogens is 208 g/mol. The van der Waals surface area contributed by atoms with Gasteiger partial charge in [0.15, 0.2) is 0 Å². The number of hydrogen-bond donors (Lipinski definition) is 3. The molecule has 1 fully saturated rings. The number of carbonyl (C=O) groups excluding carboxylic acids is 1. The fourth-order valence-corrected chi connectivity index (χ4v) is 1.57. The first-order valence-corrected chi connectivity index (χ1v) is 5.84. The zero-order valence-corrected chi connectivity index (χ0v) is 9.66. The largest absolute Gasteiger partial charge is 0.481 e. The molecule has 0 bridgehead atoms. The summed E-state index contributed by atoms with van der Waals surface area (Å²) in [6.07, 6.45) is 4.90. The molecule has 0 aromatic rings. The van der Waals surface area contributed by atoms with Crippen LogP contribution in [0.5, 0.6) is 0 Å². The summed E-state index contributed by atoms with van der Waals surface area (Å²) < 4.78 is 0. The first-order valence-electron chi connectivity index (χ1n) is 5.84. The lowest BCUT2D eigenvalue weighted by atomic mass is 9.83. The van der Waals surface area contributed by atoms with Crippen LogP contribution >= 0.6 is 0 Å². The average molecular weight is 228 g/mol. The van der Waals surface area contributed by atoms with E-state index >= 15 is 0 Å². The van der Waals surface area contributed by atoms with Crippen LogP contribution in [0.3, 0.4) is 0 Å². The SMILES string of the molecule is CC(CNC(=O)NCCC1CCC1)C(=O)O. The Morgan fingerprint density at radius 1 is 1.38 bits per heavy atom. The van der Waals surface area contributed by atoms with Gasteiger partial charge in [0.05, 0.1) is 5.92 Å². The van der Waals surface area contributed by atoms with Crippen LogP contribution < -0.4 is 10.6 Å². The second kappa shape index (κ2) is 6.35. The maximum absolute atomic E-state index is 11.2. The lowest BCUT2D eigenvalue weighted by molar-refractivity contribution is -0.140. The van der Waals surface area contributed by atoms with Crippen molar-refractivity contribution in [2.75, 3.05) is 13.1 Å². The molecule has 5 nitrogen and oxygen atoms in total. The van der Waals surface area contributed by atoms with Crippen LogP contribution in [0.1, 0.15) is 32.6 Å². The van der Waals surface area contributed by atoms with Crippen molar-refractivity contribution < 1.29 is 14.7 Å². The van der Waals surface area contributed by atoms with Gasteiger partial charge >= 0.3 is 12.0 Å². The lowest BCUT2D eigenvalue weighted by Crippen LogP contribution is -2.40. The highest BCUT2D eigenvalue weighted by Crippen LogP contribution is 2.28. The van der Waals surface area contributed by atoms with Gasteiger partial charge in [-0.3, -0.25) is 4.79 Å². The Morgan fingerprint density at radius 3 is 2.56 bits per heavy atom. The molecule has 16 heavy (non-hydrogen) atoms. The summed E-state index contributed by atoms with van der Waals surface area (Å²) in [4.78, 5) is 21.7. The Hall–Kier alpha value is -1.26. The van der Waals surface area contributed by atoms with E-state index in [1.165, 1.54) is 19.3 Å². The van der Waals surface area contributed by atoms with Crippen molar-refractivity contribution in [3.8, 4) is 0 Å². The highest BCUT2D eigenvalue weighted by molar-refractivity contribution is 5.75. The molecular formula is C11H20N2O3. The predicted octanol–water partition coefficient (Wildman–Crippen LogP) is 1.20. The Kier molecular flexibility index (Phi) is 5.08. The topological polar surface area (TPSA) is 78.4 Å². The number of hydrogen-bond acceptors (Lipinski definition) is 2. The van der Waals surface area contributed by atoms with Gasteiger partial charge in [-0.25, -0.2) is 4.79 Å². The zero-order valence-electron chi connectivity index (χ0n) is 9.66. The minimum absolute atomic E-state index is 0.171. The quantitative estimate of drug-likeness (QED) is 0.639. The molecule has 0 heterocycles. The average Bonchev–Trinajstić information content (AvgIpc) is 2.17. The van der Waals surface area contributed by atoms with E-state index in [1.807, 2.05) is 0 Å². The summed E-state index contributed by atoms with van der Waals surface area (Å²) in [6, 6.07) is -0.271. The third-order valence-corrected chi connectivity index (χ3v) is 3.05. The molecule has 0 saturated heterocycles. The Morgan fingerprint density at radius 2 is 2.06 bits per heavy atom. The number of rotatable bonds is 6. The monoisotopic (exact) mass is 228 g/mol. The summed E-state index contributed by atoms with van der Waals surface area (Å²) in [5.74, 6) is -0.662. The van der Waals surface area contributed by atoms with Crippen molar-refractivity contribution in [1.82, 2.24) is 10.6 Å². The van der Waals surface area contributed by atoms with Crippen LogP contribution in [0.25, 0.3) is 0 Å². The third-order valence-electron chi connectivity index (χ3n) is 3.05. The molecule has 0 aromatic heterocycles. The van der Waals surface area contributed by atoms with Gasteiger partial charge in [0.1, 0.15) is 0 Å². The highest BCUT2D eigenvalue weighted by atomic mass is 16.4. The maximum atomic E-state index is 11.2. The van der Waals surface area contributed by atoms with E-state index in [-0.39, 0.29) is 12.6 Å². The summed E-state index contributed by atoms with van der Waals surface area (Å²) in [6.45, 7) is 2.42. The Bertz CT molecular complexity index is 252. The molecule has 1 rings (SSSR count). The van der Waals surface area contributed by atoms with Gasteiger partial charge in [0.2, 0.25) is 0 Å². The van der Waals surface area contributed by atoms with Crippen LogP contribution in [0, 0.1) is 11.8 Å². The van der Waals surface area contributed by atoms with E-state index in [0.717, 1.165) is 12.3 Å². The smallest absolute Gasteiger partial charge is 0.314 e. The van der Waals surface area contributed by atoms with Gasteiger partial charge in [0, 0.05) is 13.1 Å². The fraction of sp³-hybridized carbons (Fsp3) is 0.818. The van der Waals surface area contributed by atoms with Crippen LogP contribution in [0.15, 0.2) is 0 Å². The van der Waals surface area contributed by atoms with Crippen molar-refractivity contribution in [2.24, 2.45) is 11.8 Å². The summed E-state index contributed by atoms with van der Waals surface area (Å²) in [5.41, 5.74) is 0. The standard InChI is InChI=1S/C11H20N2O3/c1-8(10(14)15)7-13-11(16)12-6-5-9-3-2-4-9/h8-9H,2-7H2,1H3,(H,14,15)(H2,12,13,16). The summed E-state index contributed by atoms with van der Waals surface area (Å²) in [5, 5.41) is 13.9. The Labute approximate surface area is 95.6 Å². The molecule has 2 amide bonds. The van der Waals surface area contributed by atoms with Crippen molar-refractivity contribution in [2.45, 2.75) is 32.6 Å². The molecule has 1 saturated carbocycles. The lowest BCUT2D eigenvalue weighted by Gasteiger charge is -2.25. The molecule has 0 aliphatic heterocycles. The minimum Gasteiger partial charge on any atom is -0.481 e. The van der Waals surface area contributed by atoms with Crippen molar-refractivity contribution in [3.63, 3.8) is 0 Å². The number of carbonyl (C=O) groups is 2. The molecule has 1 aliphatic rings. The molecule has 92 valence electrons. The maximum Gasteiger partial charge on any atom is 0.314 e. The van der Waals surface area contributed by atoms with E-state index in [4.69, 9.17) is 5.11 Å². The zero-order chi connectivity index (χ0) is 12.0. The molecule has 0 aromatic carbocycles. The number of urea groups is 1. The molecule has 1 aliphatic carbocycles. The molecule has 0 spiro atoms. The van der Waals surface area contributed by atoms with Gasteiger partial charge in [0.25, 0.3) is 0 Å². The molecule has 5 heteroatoms. The van der Waals surface area contributed by atoms with Crippen molar-refractivity contribution >= 4 is 12.0 Å². The van der Waals surface area contributed by atoms with E-state index < -0.39 is 11.9 Å². The number of amides is 2. The van der Waals surface area contributed by atoms with Gasteiger partial charge in [-0.2, -0.15) is 0 Å². The predicted molar refractivity (Wildman–Crippen MR) is 60.2 cm³/mol. The third kappa shape index (κ3) is 4.51. The molecule has 1 unspecified atom stereocenters. The van der Waals surface area contributed by atoms with Gasteiger partial charge < -0.3 is 15.7 Å². The van der Waals surface area contributed by atoms with Crippen molar-refractivity contribution in [1.29, 1.82) is 0 Å². The van der Waals surface area contributed by atoms with Gasteiger partial charge in [-0.1, -0.05) is 26.2 Å². The number of aliphatic carboxylic acids is 1.